The predicted molar refractivity (Wildman–Crippen MR) is 127 cm³/mol. The summed E-state index contributed by atoms with van der Waals surface area (Å²) >= 11 is 0. The van der Waals surface area contributed by atoms with Gasteiger partial charge >= 0.3 is 6.09 Å². The van der Waals surface area contributed by atoms with Crippen molar-refractivity contribution in [1.29, 1.82) is 0 Å². The normalized spacial score (nSPS) is 26.0. The molecule has 1 amide bonds. The fourth-order valence-electron chi connectivity index (χ4n) is 5.82. The van der Waals surface area contributed by atoms with Gasteiger partial charge in [0.25, 0.3) is 0 Å². The Morgan fingerprint density at radius 3 is 2.82 bits per heavy atom. The van der Waals surface area contributed by atoms with Gasteiger partial charge in [0, 0.05) is 12.6 Å². The van der Waals surface area contributed by atoms with Crippen molar-refractivity contribution in [3.8, 4) is 11.5 Å². The lowest BCUT2D eigenvalue weighted by atomic mass is 9.68. The highest BCUT2D eigenvalue weighted by molar-refractivity contribution is 5.91. The minimum atomic E-state index is -0.518. The smallest absolute Gasteiger partial charge is 0.415 e. The second-order valence-corrected chi connectivity index (χ2v) is 9.96. The maximum Gasteiger partial charge on any atom is 0.415 e. The molecular weight excluding hydrogens is 432 g/mol. The molecule has 3 aliphatic rings. The maximum absolute atomic E-state index is 13.0. The Hall–Kier alpha value is -3.73. The first-order chi connectivity index (χ1) is 16.5. The average molecular weight is 459 g/mol. The Balaban J connectivity index is 1.24. The molecule has 2 fully saturated rings. The van der Waals surface area contributed by atoms with Gasteiger partial charge in [0.2, 0.25) is 0 Å². The fourth-order valence-corrected chi connectivity index (χ4v) is 5.82. The van der Waals surface area contributed by atoms with Crippen molar-refractivity contribution in [2.24, 2.45) is 5.41 Å². The summed E-state index contributed by atoms with van der Waals surface area (Å²) in [6.45, 7) is 11.9. The third-order valence-corrected chi connectivity index (χ3v) is 7.26. The Morgan fingerprint density at radius 2 is 1.97 bits per heavy atom. The van der Waals surface area contributed by atoms with Gasteiger partial charge < -0.3 is 18.8 Å². The monoisotopic (exact) mass is 458 g/mol. The van der Waals surface area contributed by atoms with Crippen molar-refractivity contribution in [2.75, 3.05) is 24.7 Å². The van der Waals surface area contributed by atoms with Crippen LogP contribution in [-0.2, 0) is 11.3 Å². The Morgan fingerprint density at radius 1 is 1.12 bits per heavy atom. The number of hydrogen-bond acceptors (Lipinski definition) is 5. The Labute approximate surface area is 197 Å². The molecular formula is C26H26N4O4. The van der Waals surface area contributed by atoms with Crippen LogP contribution in [0.5, 0.6) is 11.5 Å². The Kier molecular flexibility index (Phi) is 4.70. The molecule has 2 aromatic carbocycles. The fraction of sp³-hybridized carbons (Fsp3) is 0.423. The molecule has 1 saturated heterocycles. The molecule has 3 heterocycles. The molecule has 6 rings (SSSR count). The van der Waals surface area contributed by atoms with Crippen molar-refractivity contribution in [1.82, 2.24) is 9.55 Å². The lowest BCUT2D eigenvalue weighted by Gasteiger charge is -2.43. The van der Waals surface area contributed by atoms with Crippen LogP contribution >= 0.6 is 0 Å². The molecule has 0 radical (unpaired) electrons. The van der Waals surface area contributed by atoms with Crippen LogP contribution in [0.4, 0.5) is 16.2 Å². The summed E-state index contributed by atoms with van der Waals surface area (Å²) in [5.74, 6) is 1.37. The highest BCUT2D eigenvalue weighted by Crippen LogP contribution is 2.48. The number of benzene rings is 2. The van der Waals surface area contributed by atoms with Gasteiger partial charge in [-0.3, -0.25) is 4.90 Å². The van der Waals surface area contributed by atoms with Gasteiger partial charge in [-0.05, 0) is 55.4 Å². The highest BCUT2D eigenvalue weighted by atomic mass is 16.6. The van der Waals surface area contributed by atoms with Crippen molar-refractivity contribution >= 4 is 28.5 Å². The summed E-state index contributed by atoms with van der Waals surface area (Å²) in [7, 11) is 0. The van der Waals surface area contributed by atoms with Gasteiger partial charge in [0.15, 0.2) is 17.2 Å². The van der Waals surface area contributed by atoms with E-state index < -0.39 is 5.60 Å². The summed E-state index contributed by atoms with van der Waals surface area (Å²) in [5.41, 5.74) is 2.65. The molecule has 1 saturated carbocycles. The van der Waals surface area contributed by atoms with Crippen molar-refractivity contribution < 1.29 is 19.0 Å². The first-order valence-electron chi connectivity index (χ1n) is 11.7. The minimum Gasteiger partial charge on any atom is -0.486 e. The van der Waals surface area contributed by atoms with Gasteiger partial charge in [0.05, 0.1) is 36.2 Å². The molecule has 3 aromatic rings. The molecule has 2 atom stereocenters. The van der Waals surface area contributed by atoms with Crippen LogP contribution in [0.1, 0.15) is 32.6 Å². The number of carbonyl (C=O) groups excluding carboxylic acids is 1. The summed E-state index contributed by atoms with van der Waals surface area (Å²) in [5, 5.41) is 0. The summed E-state index contributed by atoms with van der Waals surface area (Å²) in [4.78, 5) is 22.8. The van der Waals surface area contributed by atoms with E-state index in [0.29, 0.717) is 36.9 Å². The largest absolute Gasteiger partial charge is 0.486 e. The number of hydrogen-bond donors (Lipinski definition) is 0. The van der Waals surface area contributed by atoms with Crippen LogP contribution in [-0.4, -0.2) is 41.0 Å². The van der Waals surface area contributed by atoms with Gasteiger partial charge in [-0.25, -0.2) is 14.6 Å². The topological polar surface area (TPSA) is 70.2 Å². The van der Waals surface area contributed by atoms with E-state index in [4.69, 9.17) is 20.8 Å². The standard InChI is InChI=1S/C26H26N4O4/c1-25(15-29-17-28-20-6-4-18(27-2)12-21(20)29)8-3-9-26(14-25)16-30(24(31)34-26)19-5-7-22-23(13-19)33-11-10-32-22/h4-7,12-13,17H,3,8-11,14-16H2,1H3/t25-,26-/m0/s1. The van der Waals surface area contributed by atoms with Crippen LogP contribution in [0, 0.1) is 12.0 Å². The zero-order valence-corrected chi connectivity index (χ0v) is 19.1. The second-order valence-electron chi connectivity index (χ2n) is 9.96. The molecule has 1 aliphatic carbocycles. The Bertz CT molecular complexity index is 1330. The van der Waals surface area contributed by atoms with Crippen LogP contribution in [0.3, 0.4) is 0 Å². The summed E-state index contributed by atoms with van der Waals surface area (Å²) in [6, 6.07) is 11.2. The van der Waals surface area contributed by atoms with E-state index in [0.717, 1.165) is 48.9 Å². The molecule has 2 aliphatic heterocycles. The number of rotatable bonds is 3. The lowest BCUT2D eigenvalue weighted by molar-refractivity contribution is -0.0264. The van der Waals surface area contributed by atoms with Crippen LogP contribution in [0.2, 0.25) is 0 Å². The maximum atomic E-state index is 13.0. The number of aromatic nitrogens is 2. The molecule has 0 N–H and O–H groups in total. The van der Waals surface area contributed by atoms with Crippen molar-refractivity contribution in [3.63, 3.8) is 0 Å². The molecule has 8 heteroatoms. The molecule has 1 aromatic heterocycles. The average Bonchev–Trinajstić information content (AvgIpc) is 3.37. The SMILES string of the molecule is [C-]#[N+]c1ccc2ncn(C[C@@]3(C)CCC[C@@]4(CN(c5ccc6c(c5)OCCO6)C(=O)O4)C3)c2c1. The van der Waals surface area contributed by atoms with Crippen LogP contribution < -0.4 is 14.4 Å². The first-order valence-corrected chi connectivity index (χ1v) is 11.7. The van der Waals surface area contributed by atoms with Gasteiger partial charge in [-0.1, -0.05) is 13.0 Å². The zero-order valence-electron chi connectivity index (χ0n) is 19.1. The first kappa shape index (κ1) is 20.8. The number of carbonyl (C=O) groups is 1. The molecule has 0 bridgehead atoms. The predicted octanol–water partition coefficient (Wildman–Crippen LogP) is 5.33. The van der Waals surface area contributed by atoms with E-state index in [9.17, 15) is 4.79 Å². The van der Waals surface area contributed by atoms with Crippen LogP contribution in [0.15, 0.2) is 42.7 Å². The number of imidazole rings is 1. The van der Waals surface area contributed by atoms with Gasteiger partial charge in [-0.2, -0.15) is 0 Å². The number of fused-ring (bicyclic) bond motifs is 2. The number of nitrogens with zero attached hydrogens (tertiary/aromatic N) is 4. The van der Waals surface area contributed by atoms with Crippen molar-refractivity contribution in [3.05, 3.63) is 54.1 Å². The second kappa shape index (κ2) is 7.66. The summed E-state index contributed by atoms with van der Waals surface area (Å²) in [6.07, 6.45) is 5.19. The van der Waals surface area contributed by atoms with Gasteiger partial charge in [-0.15, -0.1) is 0 Å². The quantitative estimate of drug-likeness (QED) is 0.496. The number of ether oxygens (including phenoxy) is 3. The number of amides is 1. The van der Waals surface area contributed by atoms with E-state index in [1.54, 1.807) is 11.0 Å². The zero-order chi connectivity index (χ0) is 23.3. The van der Waals surface area contributed by atoms with E-state index in [1.807, 2.05) is 36.7 Å². The van der Waals surface area contributed by atoms with E-state index in [1.165, 1.54) is 0 Å². The third-order valence-electron chi connectivity index (χ3n) is 7.26. The molecule has 34 heavy (non-hydrogen) atoms. The molecule has 8 nitrogen and oxygen atoms in total. The van der Waals surface area contributed by atoms with E-state index in [-0.39, 0.29) is 11.5 Å². The van der Waals surface area contributed by atoms with E-state index >= 15 is 0 Å². The third kappa shape index (κ3) is 3.52. The van der Waals surface area contributed by atoms with Crippen LogP contribution in [0.25, 0.3) is 15.9 Å². The lowest BCUT2D eigenvalue weighted by Crippen LogP contribution is -2.45. The summed E-state index contributed by atoms with van der Waals surface area (Å²) < 4.78 is 19.6. The van der Waals surface area contributed by atoms with Crippen molar-refractivity contribution in [2.45, 2.75) is 44.8 Å². The number of anilines is 1. The molecule has 0 unspecified atom stereocenters. The molecule has 1 spiro atoms. The molecule has 174 valence electrons. The van der Waals surface area contributed by atoms with Gasteiger partial charge in [0.1, 0.15) is 18.8 Å². The minimum absolute atomic E-state index is 0.0664. The van der Waals surface area contributed by atoms with E-state index in [2.05, 4.69) is 21.3 Å². The highest BCUT2D eigenvalue weighted by Gasteiger charge is 2.51.